The maximum absolute atomic E-state index is 11.4. The van der Waals surface area contributed by atoms with E-state index in [1.807, 2.05) is 44.9 Å². The fourth-order valence-electron chi connectivity index (χ4n) is 2.00. The third-order valence-electron chi connectivity index (χ3n) is 2.79. The van der Waals surface area contributed by atoms with E-state index in [9.17, 15) is 9.90 Å². The number of carbonyl (C=O) groups is 1. The van der Waals surface area contributed by atoms with Gasteiger partial charge in [-0.25, -0.2) is 0 Å². The number of phenols is 1. The van der Waals surface area contributed by atoms with Crippen LogP contribution >= 0.6 is 0 Å². The molecule has 2 N–H and O–H groups in total. The lowest BCUT2D eigenvalue weighted by molar-refractivity contribution is -0.121. The summed E-state index contributed by atoms with van der Waals surface area (Å²) in [6, 6.07) is 3.91. The van der Waals surface area contributed by atoms with Gasteiger partial charge in [0.25, 0.3) is 0 Å². The van der Waals surface area contributed by atoms with Crippen LogP contribution in [0.5, 0.6) is 5.75 Å². The van der Waals surface area contributed by atoms with E-state index in [1.165, 1.54) is 0 Å². The molecule has 0 aliphatic rings. The zero-order chi connectivity index (χ0) is 13.7. The number of nitrogens with one attached hydrogen (secondary N) is 1. The first kappa shape index (κ1) is 14.5. The van der Waals surface area contributed by atoms with Crippen molar-refractivity contribution in [2.24, 2.45) is 0 Å². The van der Waals surface area contributed by atoms with E-state index in [4.69, 9.17) is 0 Å². The highest BCUT2D eigenvalue weighted by Gasteiger charge is 2.08. The van der Waals surface area contributed by atoms with Crippen LogP contribution in [0.4, 0.5) is 0 Å². The van der Waals surface area contributed by atoms with Crippen molar-refractivity contribution in [3.63, 3.8) is 0 Å². The SMILES string of the molecule is CCNC(=O)CN(C)Cc1cc(C)c(O)c(C)c1. The van der Waals surface area contributed by atoms with E-state index in [1.54, 1.807) is 0 Å². The molecule has 0 bridgehead atoms. The number of nitrogens with zero attached hydrogens (tertiary/aromatic N) is 1. The van der Waals surface area contributed by atoms with Crippen molar-refractivity contribution in [1.29, 1.82) is 0 Å². The Kier molecular flexibility index (Phi) is 5.16. The van der Waals surface area contributed by atoms with Gasteiger partial charge in [-0.1, -0.05) is 12.1 Å². The molecule has 0 aromatic heterocycles. The smallest absolute Gasteiger partial charge is 0.234 e. The van der Waals surface area contributed by atoms with Crippen LogP contribution in [0.3, 0.4) is 0 Å². The first-order valence-corrected chi connectivity index (χ1v) is 6.18. The third kappa shape index (κ3) is 4.04. The molecule has 0 fully saturated rings. The highest BCUT2D eigenvalue weighted by Crippen LogP contribution is 2.23. The highest BCUT2D eigenvalue weighted by atomic mass is 16.3. The summed E-state index contributed by atoms with van der Waals surface area (Å²) < 4.78 is 0. The molecule has 18 heavy (non-hydrogen) atoms. The molecule has 0 saturated heterocycles. The molecule has 0 saturated carbocycles. The predicted octanol–water partition coefficient (Wildman–Crippen LogP) is 1.58. The van der Waals surface area contributed by atoms with E-state index >= 15 is 0 Å². The first-order chi connectivity index (χ1) is 8.43. The number of likely N-dealkylation sites (N-methyl/N-ethyl adjacent to an activating group) is 2. The number of benzene rings is 1. The molecule has 100 valence electrons. The van der Waals surface area contributed by atoms with E-state index < -0.39 is 0 Å². The summed E-state index contributed by atoms with van der Waals surface area (Å²) in [5.41, 5.74) is 2.85. The van der Waals surface area contributed by atoms with Crippen LogP contribution in [-0.4, -0.2) is 36.1 Å². The van der Waals surface area contributed by atoms with Crippen molar-refractivity contribution in [3.05, 3.63) is 28.8 Å². The monoisotopic (exact) mass is 250 g/mol. The van der Waals surface area contributed by atoms with Gasteiger partial charge in [-0.15, -0.1) is 0 Å². The van der Waals surface area contributed by atoms with Gasteiger partial charge in [-0.3, -0.25) is 9.69 Å². The Hall–Kier alpha value is -1.55. The lowest BCUT2D eigenvalue weighted by Crippen LogP contribution is -2.34. The Bertz CT molecular complexity index is 407. The number of amides is 1. The Balaban J connectivity index is 2.65. The largest absolute Gasteiger partial charge is 0.507 e. The van der Waals surface area contributed by atoms with Crippen LogP contribution < -0.4 is 5.32 Å². The molecule has 0 aliphatic heterocycles. The molecule has 1 rings (SSSR count). The van der Waals surface area contributed by atoms with Gasteiger partial charge in [0, 0.05) is 13.1 Å². The number of aromatic hydroxyl groups is 1. The van der Waals surface area contributed by atoms with Gasteiger partial charge in [0.1, 0.15) is 5.75 Å². The Morgan fingerprint density at radius 2 is 1.89 bits per heavy atom. The number of aryl methyl sites for hydroxylation is 2. The van der Waals surface area contributed by atoms with Gasteiger partial charge < -0.3 is 10.4 Å². The minimum Gasteiger partial charge on any atom is -0.507 e. The van der Waals surface area contributed by atoms with Crippen LogP contribution in [0, 0.1) is 13.8 Å². The fourth-order valence-corrected chi connectivity index (χ4v) is 2.00. The highest BCUT2D eigenvalue weighted by molar-refractivity contribution is 5.77. The van der Waals surface area contributed by atoms with Crippen molar-refractivity contribution >= 4 is 5.91 Å². The summed E-state index contributed by atoms with van der Waals surface area (Å²) in [5.74, 6) is 0.386. The minimum atomic E-state index is 0.0345. The second-order valence-corrected chi connectivity index (χ2v) is 4.70. The lowest BCUT2D eigenvalue weighted by atomic mass is 10.1. The molecular weight excluding hydrogens is 228 g/mol. The Morgan fingerprint density at radius 3 is 2.39 bits per heavy atom. The zero-order valence-electron chi connectivity index (χ0n) is 11.6. The van der Waals surface area contributed by atoms with Gasteiger partial charge >= 0.3 is 0 Å². The fraction of sp³-hybridized carbons (Fsp3) is 0.500. The van der Waals surface area contributed by atoms with E-state index in [0.717, 1.165) is 16.7 Å². The molecule has 0 aliphatic carbocycles. The maximum atomic E-state index is 11.4. The van der Waals surface area contributed by atoms with E-state index in [-0.39, 0.29) is 5.91 Å². The molecule has 0 atom stereocenters. The molecule has 0 radical (unpaired) electrons. The summed E-state index contributed by atoms with van der Waals surface area (Å²) >= 11 is 0. The second kappa shape index (κ2) is 6.40. The van der Waals surface area contributed by atoms with Crippen LogP contribution in [0.2, 0.25) is 0 Å². The minimum absolute atomic E-state index is 0.0345. The lowest BCUT2D eigenvalue weighted by Gasteiger charge is -2.17. The predicted molar refractivity (Wildman–Crippen MR) is 72.6 cm³/mol. The Labute approximate surface area is 109 Å². The van der Waals surface area contributed by atoms with Crippen molar-refractivity contribution in [1.82, 2.24) is 10.2 Å². The summed E-state index contributed by atoms with van der Waals surface area (Å²) in [6.07, 6.45) is 0. The summed E-state index contributed by atoms with van der Waals surface area (Å²) in [5, 5.41) is 12.5. The molecule has 4 heteroatoms. The molecule has 0 spiro atoms. The van der Waals surface area contributed by atoms with Crippen molar-refractivity contribution < 1.29 is 9.90 Å². The molecule has 1 aromatic rings. The Morgan fingerprint density at radius 1 is 1.33 bits per heavy atom. The van der Waals surface area contributed by atoms with Gasteiger partial charge in [0.2, 0.25) is 5.91 Å². The van der Waals surface area contributed by atoms with Gasteiger partial charge in [0.05, 0.1) is 6.54 Å². The first-order valence-electron chi connectivity index (χ1n) is 6.18. The number of phenolic OH excluding ortho intramolecular Hbond substituents is 1. The zero-order valence-corrected chi connectivity index (χ0v) is 11.6. The number of carbonyl (C=O) groups excluding carboxylic acids is 1. The maximum Gasteiger partial charge on any atom is 0.234 e. The summed E-state index contributed by atoms with van der Waals surface area (Å²) in [4.78, 5) is 13.4. The van der Waals surface area contributed by atoms with Crippen LogP contribution in [0.15, 0.2) is 12.1 Å². The standard InChI is InChI=1S/C14H22N2O2/c1-5-15-13(17)9-16(4)8-12-6-10(2)14(18)11(3)7-12/h6-7,18H,5,8-9H2,1-4H3,(H,15,17). The van der Waals surface area contributed by atoms with Gasteiger partial charge in [0.15, 0.2) is 0 Å². The molecule has 0 unspecified atom stereocenters. The second-order valence-electron chi connectivity index (χ2n) is 4.70. The number of hydrogen-bond donors (Lipinski definition) is 2. The van der Waals surface area contributed by atoms with Crippen LogP contribution in [0.25, 0.3) is 0 Å². The third-order valence-corrected chi connectivity index (χ3v) is 2.79. The quantitative estimate of drug-likeness (QED) is 0.834. The number of rotatable bonds is 5. The van der Waals surface area contributed by atoms with Gasteiger partial charge in [-0.2, -0.15) is 0 Å². The van der Waals surface area contributed by atoms with E-state index in [0.29, 0.717) is 25.4 Å². The average molecular weight is 250 g/mol. The normalized spacial score (nSPS) is 10.7. The molecular formula is C14H22N2O2. The van der Waals surface area contributed by atoms with Crippen LogP contribution in [-0.2, 0) is 11.3 Å². The topological polar surface area (TPSA) is 52.6 Å². The van der Waals surface area contributed by atoms with Crippen LogP contribution in [0.1, 0.15) is 23.6 Å². The summed E-state index contributed by atoms with van der Waals surface area (Å²) in [6.45, 7) is 7.41. The molecule has 4 nitrogen and oxygen atoms in total. The van der Waals surface area contributed by atoms with E-state index in [2.05, 4.69) is 5.32 Å². The van der Waals surface area contributed by atoms with Crippen molar-refractivity contribution in [3.8, 4) is 5.75 Å². The summed E-state index contributed by atoms with van der Waals surface area (Å²) in [7, 11) is 1.91. The molecule has 0 heterocycles. The average Bonchev–Trinajstić information content (AvgIpc) is 2.25. The van der Waals surface area contributed by atoms with Crippen molar-refractivity contribution in [2.45, 2.75) is 27.3 Å². The number of hydrogen-bond acceptors (Lipinski definition) is 3. The molecule has 1 amide bonds. The molecule has 1 aromatic carbocycles. The van der Waals surface area contributed by atoms with Crippen molar-refractivity contribution in [2.75, 3.05) is 20.1 Å². The van der Waals surface area contributed by atoms with Gasteiger partial charge in [-0.05, 0) is 44.5 Å².